The first-order chi connectivity index (χ1) is 9.13. The normalized spacial score (nSPS) is 14.7. The zero-order chi connectivity index (χ0) is 13.5. The Morgan fingerprint density at radius 3 is 2.84 bits per heavy atom. The molecule has 0 spiro atoms. The number of nitrogens with zero attached hydrogens (tertiary/aromatic N) is 1. The van der Waals surface area contributed by atoms with Crippen molar-refractivity contribution in [3.05, 3.63) is 47.8 Å². The lowest BCUT2D eigenvalue weighted by atomic mass is 10.2. The molecule has 0 saturated carbocycles. The van der Waals surface area contributed by atoms with E-state index in [0.29, 0.717) is 18.8 Å². The van der Waals surface area contributed by atoms with Gasteiger partial charge in [-0.3, -0.25) is 4.31 Å². The van der Waals surface area contributed by atoms with E-state index in [1.165, 1.54) is 10.5 Å². The number of para-hydroxylation sites is 1. The number of H-pyrrole nitrogens is 1. The minimum Gasteiger partial charge on any atom is -0.363 e. The summed E-state index contributed by atoms with van der Waals surface area (Å²) in [6, 6.07) is 9.19. The predicted molar refractivity (Wildman–Crippen MR) is 73.4 cm³/mol. The number of nitrogens with one attached hydrogen (secondary N) is 1. The molecule has 3 N–H and O–H groups in total. The summed E-state index contributed by atoms with van der Waals surface area (Å²) in [5.41, 5.74) is 8.06. The Bertz CT molecular complexity index is 706. The smallest absolute Gasteiger partial charge is 0.265 e. The SMILES string of the molecule is NCc1cc(S(=O)(=O)N2CCc3ccccc32)c[nH]1. The third kappa shape index (κ3) is 1.93. The number of aromatic nitrogens is 1. The van der Waals surface area contributed by atoms with Crippen LogP contribution in [0.25, 0.3) is 0 Å². The van der Waals surface area contributed by atoms with Crippen molar-refractivity contribution in [1.29, 1.82) is 0 Å². The molecule has 1 aromatic heterocycles. The molecule has 100 valence electrons. The van der Waals surface area contributed by atoms with Crippen LogP contribution >= 0.6 is 0 Å². The van der Waals surface area contributed by atoms with E-state index in [1.54, 1.807) is 6.07 Å². The number of anilines is 1. The lowest BCUT2D eigenvalue weighted by Crippen LogP contribution is -2.28. The van der Waals surface area contributed by atoms with Crippen molar-refractivity contribution in [2.24, 2.45) is 5.73 Å². The first kappa shape index (κ1) is 12.3. The number of sulfonamides is 1. The van der Waals surface area contributed by atoms with Gasteiger partial charge in [0.1, 0.15) is 4.90 Å². The van der Waals surface area contributed by atoms with Crippen LogP contribution in [0.4, 0.5) is 5.69 Å². The number of hydrogen-bond acceptors (Lipinski definition) is 3. The Kier molecular flexibility index (Phi) is 2.83. The van der Waals surface area contributed by atoms with Gasteiger partial charge in [-0.05, 0) is 24.1 Å². The average molecular weight is 277 g/mol. The second-order valence-electron chi connectivity index (χ2n) is 4.52. The minimum absolute atomic E-state index is 0.268. The van der Waals surface area contributed by atoms with Gasteiger partial charge in [0.2, 0.25) is 0 Å². The van der Waals surface area contributed by atoms with E-state index < -0.39 is 10.0 Å². The van der Waals surface area contributed by atoms with Gasteiger partial charge in [0.05, 0.1) is 5.69 Å². The average Bonchev–Trinajstić information content (AvgIpc) is 3.06. The van der Waals surface area contributed by atoms with Crippen molar-refractivity contribution >= 4 is 15.7 Å². The van der Waals surface area contributed by atoms with Crippen LogP contribution in [0.5, 0.6) is 0 Å². The van der Waals surface area contributed by atoms with Crippen molar-refractivity contribution in [2.75, 3.05) is 10.8 Å². The molecule has 0 aliphatic carbocycles. The molecule has 0 bridgehead atoms. The summed E-state index contributed by atoms with van der Waals surface area (Å²) in [6.07, 6.45) is 2.25. The molecule has 3 rings (SSSR count). The molecule has 2 aromatic rings. The van der Waals surface area contributed by atoms with Crippen LogP contribution in [0.15, 0.2) is 41.4 Å². The molecule has 0 saturated heterocycles. The van der Waals surface area contributed by atoms with Gasteiger partial charge >= 0.3 is 0 Å². The summed E-state index contributed by atoms with van der Waals surface area (Å²) in [7, 11) is -3.49. The highest BCUT2D eigenvalue weighted by Crippen LogP contribution is 2.32. The Morgan fingerprint density at radius 2 is 2.11 bits per heavy atom. The van der Waals surface area contributed by atoms with E-state index >= 15 is 0 Å². The highest BCUT2D eigenvalue weighted by molar-refractivity contribution is 7.92. The van der Waals surface area contributed by atoms with Gasteiger partial charge in [0.25, 0.3) is 10.0 Å². The van der Waals surface area contributed by atoms with E-state index in [4.69, 9.17) is 5.73 Å². The van der Waals surface area contributed by atoms with Gasteiger partial charge < -0.3 is 10.7 Å². The van der Waals surface area contributed by atoms with Crippen LogP contribution in [0.2, 0.25) is 0 Å². The summed E-state index contributed by atoms with van der Waals surface area (Å²) in [5.74, 6) is 0. The van der Waals surface area contributed by atoms with E-state index in [2.05, 4.69) is 4.98 Å². The molecule has 5 nitrogen and oxygen atoms in total. The van der Waals surface area contributed by atoms with Crippen molar-refractivity contribution < 1.29 is 8.42 Å². The molecule has 19 heavy (non-hydrogen) atoms. The van der Waals surface area contributed by atoms with Gasteiger partial charge in [0.15, 0.2) is 0 Å². The quantitative estimate of drug-likeness (QED) is 0.885. The van der Waals surface area contributed by atoms with Crippen LogP contribution in [0, 0.1) is 0 Å². The summed E-state index contributed by atoms with van der Waals surface area (Å²) in [6.45, 7) is 0.789. The van der Waals surface area contributed by atoms with E-state index in [-0.39, 0.29) is 4.90 Å². The van der Waals surface area contributed by atoms with E-state index in [9.17, 15) is 8.42 Å². The third-order valence-electron chi connectivity index (χ3n) is 3.37. The maximum atomic E-state index is 12.6. The molecule has 1 aliphatic rings. The Hall–Kier alpha value is -1.79. The largest absolute Gasteiger partial charge is 0.363 e. The van der Waals surface area contributed by atoms with Crippen LogP contribution in [0.1, 0.15) is 11.3 Å². The number of fused-ring (bicyclic) bond motifs is 1. The monoisotopic (exact) mass is 277 g/mol. The van der Waals surface area contributed by atoms with Crippen LogP contribution in [0.3, 0.4) is 0 Å². The third-order valence-corrected chi connectivity index (χ3v) is 5.16. The van der Waals surface area contributed by atoms with Crippen molar-refractivity contribution in [2.45, 2.75) is 17.9 Å². The number of hydrogen-bond donors (Lipinski definition) is 2. The maximum absolute atomic E-state index is 12.6. The molecule has 0 amide bonds. The molecular formula is C13H15N3O2S. The number of nitrogens with two attached hydrogens (primary N) is 1. The van der Waals surface area contributed by atoms with Gasteiger partial charge in [0, 0.05) is 25.0 Å². The molecule has 0 fully saturated rings. The first-order valence-corrected chi connectivity index (χ1v) is 7.55. The number of benzene rings is 1. The molecule has 0 radical (unpaired) electrons. The minimum atomic E-state index is -3.49. The molecular weight excluding hydrogens is 262 g/mol. The fourth-order valence-corrected chi connectivity index (χ4v) is 3.89. The summed E-state index contributed by atoms with van der Waals surface area (Å²) < 4.78 is 26.6. The zero-order valence-electron chi connectivity index (χ0n) is 10.3. The number of rotatable bonds is 3. The summed E-state index contributed by atoms with van der Waals surface area (Å²) in [4.78, 5) is 3.15. The first-order valence-electron chi connectivity index (χ1n) is 6.11. The van der Waals surface area contributed by atoms with Crippen molar-refractivity contribution in [1.82, 2.24) is 4.98 Å². The van der Waals surface area contributed by atoms with Gasteiger partial charge in [-0.2, -0.15) is 0 Å². The second-order valence-corrected chi connectivity index (χ2v) is 6.38. The van der Waals surface area contributed by atoms with Crippen LogP contribution in [-0.4, -0.2) is 19.9 Å². The van der Waals surface area contributed by atoms with Gasteiger partial charge in [-0.1, -0.05) is 18.2 Å². The zero-order valence-corrected chi connectivity index (χ0v) is 11.2. The van der Waals surface area contributed by atoms with Crippen LogP contribution < -0.4 is 10.0 Å². The molecule has 1 aromatic carbocycles. The van der Waals surface area contributed by atoms with Crippen LogP contribution in [-0.2, 0) is 23.0 Å². The molecule has 0 unspecified atom stereocenters. The van der Waals surface area contributed by atoms with E-state index in [1.807, 2.05) is 24.3 Å². The fourth-order valence-electron chi connectivity index (χ4n) is 2.37. The molecule has 6 heteroatoms. The maximum Gasteiger partial charge on any atom is 0.265 e. The van der Waals surface area contributed by atoms with Crippen molar-refractivity contribution in [3.63, 3.8) is 0 Å². The predicted octanol–water partition coefficient (Wildman–Crippen LogP) is 1.22. The van der Waals surface area contributed by atoms with Gasteiger partial charge in [-0.25, -0.2) is 8.42 Å². The van der Waals surface area contributed by atoms with E-state index in [0.717, 1.165) is 17.7 Å². The lowest BCUT2D eigenvalue weighted by molar-refractivity contribution is 0.592. The molecule has 1 aliphatic heterocycles. The standard InChI is InChI=1S/C13H15N3O2S/c14-8-11-7-12(9-15-11)19(17,18)16-6-5-10-3-1-2-4-13(10)16/h1-4,7,9,15H,5-6,8,14H2. The van der Waals surface area contributed by atoms with Gasteiger partial charge in [-0.15, -0.1) is 0 Å². The topological polar surface area (TPSA) is 79.2 Å². The fraction of sp³-hybridized carbons (Fsp3) is 0.231. The Labute approximate surface area is 112 Å². The summed E-state index contributed by atoms with van der Waals surface area (Å²) in [5, 5.41) is 0. The lowest BCUT2D eigenvalue weighted by Gasteiger charge is -2.18. The highest BCUT2D eigenvalue weighted by Gasteiger charge is 2.31. The van der Waals surface area contributed by atoms with Crippen molar-refractivity contribution in [3.8, 4) is 0 Å². The highest BCUT2D eigenvalue weighted by atomic mass is 32.2. The summed E-state index contributed by atoms with van der Waals surface area (Å²) >= 11 is 0. The second kappa shape index (κ2) is 4.40. The molecule has 2 heterocycles. The molecule has 0 atom stereocenters. The number of aromatic amines is 1. The Morgan fingerprint density at radius 1 is 1.32 bits per heavy atom. The Balaban J connectivity index is 2.03.